The summed E-state index contributed by atoms with van der Waals surface area (Å²) in [5.41, 5.74) is 0. The maximum Gasteiger partial charge on any atom is 0.234 e. The smallest absolute Gasteiger partial charge is 0.234 e. The standard InChI is InChI=1S/C14H22N2O3/c17-7-5-12-3-1-6-16(10-12)11-14(18)15-9-13-4-2-8-19-13/h2,4,8,12,17H,1,3,5-7,9-11H2,(H,15,18). The van der Waals surface area contributed by atoms with Crippen molar-refractivity contribution in [3.8, 4) is 0 Å². The minimum Gasteiger partial charge on any atom is -0.467 e. The number of amides is 1. The number of nitrogens with one attached hydrogen (secondary N) is 1. The largest absolute Gasteiger partial charge is 0.467 e. The quantitative estimate of drug-likeness (QED) is 0.806. The first kappa shape index (κ1) is 14.1. The molecule has 5 heteroatoms. The van der Waals surface area contributed by atoms with Crippen molar-refractivity contribution < 1.29 is 14.3 Å². The van der Waals surface area contributed by atoms with Crippen LogP contribution in [0, 0.1) is 5.92 Å². The maximum atomic E-state index is 11.8. The second kappa shape index (κ2) is 7.31. The van der Waals surface area contributed by atoms with Crippen molar-refractivity contribution in [3.05, 3.63) is 24.2 Å². The lowest BCUT2D eigenvalue weighted by atomic mass is 9.95. The van der Waals surface area contributed by atoms with Crippen molar-refractivity contribution in [1.29, 1.82) is 0 Å². The number of rotatable bonds is 6. The summed E-state index contributed by atoms with van der Waals surface area (Å²) in [6.45, 7) is 3.00. The predicted molar refractivity (Wildman–Crippen MR) is 71.4 cm³/mol. The Kier molecular flexibility index (Phi) is 5.42. The SMILES string of the molecule is O=C(CN1CCCC(CCO)C1)NCc1ccco1. The molecule has 0 saturated carbocycles. The van der Waals surface area contributed by atoms with Crippen LogP contribution in [-0.4, -0.2) is 42.2 Å². The van der Waals surface area contributed by atoms with E-state index >= 15 is 0 Å². The Hall–Kier alpha value is -1.33. The highest BCUT2D eigenvalue weighted by atomic mass is 16.3. The van der Waals surface area contributed by atoms with Crippen LogP contribution in [0.5, 0.6) is 0 Å². The number of piperidine rings is 1. The number of carbonyl (C=O) groups is 1. The van der Waals surface area contributed by atoms with E-state index in [0.29, 0.717) is 19.0 Å². The predicted octanol–water partition coefficient (Wildman–Crippen LogP) is 0.990. The van der Waals surface area contributed by atoms with Crippen LogP contribution in [0.25, 0.3) is 0 Å². The highest BCUT2D eigenvalue weighted by Crippen LogP contribution is 2.18. The summed E-state index contributed by atoms with van der Waals surface area (Å²) in [4.78, 5) is 14.0. The van der Waals surface area contributed by atoms with Crippen LogP contribution in [-0.2, 0) is 11.3 Å². The number of likely N-dealkylation sites (tertiary alicyclic amines) is 1. The molecule has 0 radical (unpaired) electrons. The molecule has 1 aromatic rings. The number of hydrogen-bond acceptors (Lipinski definition) is 4. The number of carbonyl (C=O) groups excluding carboxylic acids is 1. The molecule has 1 unspecified atom stereocenters. The van der Waals surface area contributed by atoms with Crippen molar-refractivity contribution in [2.45, 2.75) is 25.8 Å². The van der Waals surface area contributed by atoms with Crippen LogP contribution in [0.3, 0.4) is 0 Å². The Morgan fingerprint density at radius 2 is 2.47 bits per heavy atom. The molecule has 1 aliphatic rings. The van der Waals surface area contributed by atoms with Gasteiger partial charge in [0.05, 0.1) is 19.4 Å². The zero-order chi connectivity index (χ0) is 13.5. The molecule has 0 aromatic carbocycles. The van der Waals surface area contributed by atoms with E-state index in [1.54, 1.807) is 6.26 Å². The molecule has 2 N–H and O–H groups in total. The van der Waals surface area contributed by atoms with Crippen molar-refractivity contribution in [2.24, 2.45) is 5.92 Å². The van der Waals surface area contributed by atoms with Gasteiger partial charge in [-0.1, -0.05) is 0 Å². The third-order valence-electron chi connectivity index (χ3n) is 3.55. The van der Waals surface area contributed by atoms with Gasteiger partial charge in [0.25, 0.3) is 0 Å². The van der Waals surface area contributed by atoms with Gasteiger partial charge in [0.1, 0.15) is 5.76 Å². The van der Waals surface area contributed by atoms with E-state index in [-0.39, 0.29) is 12.5 Å². The summed E-state index contributed by atoms with van der Waals surface area (Å²) >= 11 is 0. The van der Waals surface area contributed by atoms with E-state index in [2.05, 4.69) is 10.2 Å². The molecular weight excluding hydrogens is 244 g/mol. The van der Waals surface area contributed by atoms with Gasteiger partial charge in [0.15, 0.2) is 0 Å². The van der Waals surface area contributed by atoms with E-state index < -0.39 is 0 Å². The van der Waals surface area contributed by atoms with Gasteiger partial charge in [-0.05, 0) is 43.9 Å². The Balaban J connectivity index is 1.69. The van der Waals surface area contributed by atoms with Crippen molar-refractivity contribution in [2.75, 3.05) is 26.2 Å². The lowest BCUT2D eigenvalue weighted by molar-refractivity contribution is -0.122. The first-order valence-corrected chi connectivity index (χ1v) is 6.90. The first-order chi connectivity index (χ1) is 9.28. The molecule has 1 aliphatic heterocycles. The summed E-state index contributed by atoms with van der Waals surface area (Å²) in [7, 11) is 0. The van der Waals surface area contributed by atoms with E-state index in [9.17, 15) is 4.79 Å². The van der Waals surface area contributed by atoms with E-state index in [1.807, 2.05) is 12.1 Å². The zero-order valence-electron chi connectivity index (χ0n) is 11.2. The molecule has 106 valence electrons. The zero-order valence-corrected chi connectivity index (χ0v) is 11.2. The fraction of sp³-hybridized carbons (Fsp3) is 0.643. The maximum absolute atomic E-state index is 11.8. The minimum atomic E-state index is 0.0287. The van der Waals surface area contributed by atoms with Crippen LogP contribution < -0.4 is 5.32 Å². The lowest BCUT2D eigenvalue weighted by Crippen LogP contribution is -2.42. The Labute approximate surface area is 113 Å². The fourth-order valence-corrected chi connectivity index (χ4v) is 2.57. The summed E-state index contributed by atoms with van der Waals surface area (Å²) in [5.74, 6) is 1.32. The Morgan fingerprint density at radius 1 is 1.58 bits per heavy atom. The van der Waals surface area contributed by atoms with Gasteiger partial charge < -0.3 is 14.8 Å². The molecule has 0 bridgehead atoms. The average Bonchev–Trinajstić information content (AvgIpc) is 2.90. The summed E-state index contributed by atoms with van der Waals surface area (Å²) < 4.78 is 5.17. The molecule has 2 rings (SSSR count). The third-order valence-corrected chi connectivity index (χ3v) is 3.55. The van der Waals surface area contributed by atoms with Crippen LogP contribution in [0.1, 0.15) is 25.0 Å². The van der Waals surface area contributed by atoms with Gasteiger partial charge in [-0.25, -0.2) is 0 Å². The van der Waals surface area contributed by atoms with E-state index in [1.165, 1.54) is 0 Å². The fourth-order valence-electron chi connectivity index (χ4n) is 2.57. The molecule has 1 fully saturated rings. The lowest BCUT2D eigenvalue weighted by Gasteiger charge is -2.31. The number of aliphatic hydroxyl groups is 1. The molecule has 0 spiro atoms. The van der Waals surface area contributed by atoms with Gasteiger partial charge in [0.2, 0.25) is 5.91 Å². The normalized spacial score (nSPS) is 20.4. The molecule has 1 saturated heterocycles. The summed E-state index contributed by atoms with van der Waals surface area (Å²) in [6, 6.07) is 3.66. The monoisotopic (exact) mass is 266 g/mol. The molecule has 0 aliphatic carbocycles. The van der Waals surface area contributed by atoms with Gasteiger partial charge >= 0.3 is 0 Å². The first-order valence-electron chi connectivity index (χ1n) is 6.90. The molecule has 1 aromatic heterocycles. The van der Waals surface area contributed by atoms with Crippen LogP contribution in [0.2, 0.25) is 0 Å². The third kappa shape index (κ3) is 4.69. The number of furan rings is 1. The van der Waals surface area contributed by atoms with E-state index in [4.69, 9.17) is 9.52 Å². The second-order valence-corrected chi connectivity index (χ2v) is 5.11. The van der Waals surface area contributed by atoms with Gasteiger partial charge in [-0.3, -0.25) is 9.69 Å². The van der Waals surface area contributed by atoms with Crippen LogP contribution in [0.4, 0.5) is 0 Å². The number of nitrogens with zero attached hydrogens (tertiary/aromatic N) is 1. The summed E-state index contributed by atoms with van der Waals surface area (Å²) in [6.07, 6.45) is 4.71. The second-order valence-electron chi connectivity index (χ2n) is 5.11. The highest BCUT2D eigenvalue weighted by molar-refractivity contribution is 5.77. The van der Waals surface area contributed by atoms with Gasteiger partial charge in [0, 0.05) is 13.2 Å². The average molecular weight is 266 g/mol. The minimum absolute atomic E-state index is 0.0287. The van der Waals surface area contributed by atoms with Gasteiger partial charge in [-0.2, -0.15) is 0 Å². The van der Waals surface area contributed by atoms with Crippen LogP contribution >= 0.6 is 0 Å². The van der Waals surface area contributed by atoms with Gasteiger partial charge in [-0.15, -0.1) is 0 Å². The van der Waals surface area contributed by atoms with Crippen molar-refractivity contribution in [1.82, 2.24) is 10.2 Å². The van der Waals surface area contributed by atoms with Crippen LogP contribution in [0.15, 0.2) is 22.8 Å². The molecule has 19 heavy (non-hydrogen) atoms. The van der Waals surface area contributed by atoms with Crippen molar-refractivity contribution >= 4 is 5.91 Å². The topological polar surface area (TPSA) is 65.7 Å². The molecule has 1 atom stereocenters. The Morgan fingerprint density at radius 3 is 3.21 bits per heavy atom. The summed E-state index contributed by atoms with van der Waals surface area (Å²) in [5, 5.41) is 11.8. The van der Waals surface area contributed by atoms with E-state index in [0.717, 1.165) is 38.1 Å². The van der Waals surface area contributed by atoms with Crippen molar-refractivity contribution in [3.63, 3.8) is 0 Å². The number of aliphatic hydroxyl groups excluding tert-OH is 1. The Bertz CT molecular complexity index is 376. The molecule has 2 heterocycles. The molecule has 5 nitrogen and oxygen atoms in total. The number of hydrogen-bond donors (Lipinski definition) is 2. The molecule has 1 amide bonds. The molecular formula is C14H22N2O3. The highest BCUT2D eigenvalue weighted by Gasteiger charge is 2.21.